The van der Waals surface area contributed by atoms with E-state index in [0.717, 1.165) is 11.3 Å². The van der Waals surface area contributed by atoms with Crippen molar-refractivity contribution in [2.45, 2.75) is 26.8 Å². The maximum absolute atomic E-state index is 12.7. The first-order valence-corrected chi connectivity index (χ1v) is 14.2. The Morgan fingerprint density at radius 3 is 2.33 bits per heavy atom. The normalized spacial score (nSPS) is 12.2. The Morgan fingerprint density at radius 1 is 1.00 bits per heavy atom. The summed E-state index contributed by atoms with van der Waals surface area (Å²) in [5.74, 6) is 0.581. The van der Waals surface area contributed by atoms with E-state index in [1.54, 1.807) is 37.6 Å². The van der Waals surface area contributed by atoms with Gasteiger partial charge in [-0.3, -0.25) is 4.57 Å². The van der Waals surface area contributed by atoms with Crippen molar-refractivity contribution in [1.29, 1.82) is 0 Å². The summed E-state index contributed by atoms with van der Waals surface area (Å²) < 4.78 is 19.7. The van der Waals surface area contributed by atoms with Gasteiger partial charge in [-0.15, -0.1) is 0 Å². The molecule has 4 aromatic rings. The maximum atomic E-state index is 12.7. The zero-order chi connectivity index (χ0) is 26.0. The van der Waals surface area contributed by atoms with Crippen LogP contribution in [0.2, 0.25) is 0 Å². The van der Waals surface area contributed by atoms with Crippen LogP contribution in [0.5, 0.6) is 17.5 Å². The molecule has 2 aromatic carbocycles. The van der Waals surface area contributed by atoms with E-state index in [1.807, 2.05) is 50.2 Å². The fourth-order valence-electron chi connectivity index (χ4n) is 3.95. The molecule has 0 aliphatic carbocycles. The number of benzene rings is 2. The van der Waals surface area contributed by atoms with Crippen molar-refractivity contribution in [3.8, 4) is 17.5 Å². The molecule has 0 saturated carbocycles. The highest BCUT2D eigenvalue weighted by Crippen LogP contribution is 2.49. The predicted molar refractivity (Wildman–Crippen MR) is 144 cm³/mol. The molecule has 0 unspecified atom stereocenters. The van der Waals surface area contributed by atoms with Crippen molar-refractivity contribution < 1.29 is 24.3 Å². The van der Waals surface area contributed by atoms with Gasteiger partial charge in [-0.25, -0.2) is 4.99 Å². The van der Waals surface area contributed by atoms with Gasteiger partial charge < -0.3 is 29.6 Å². The van der Waals surface area contributed by atoms with Gasteiger partial charge in [0.2, 0.25) is 11.8 Å². The van der Waals surface area contributed by atoms with Gasteiger partial charge in [0.1, 0.15) is 30.1 Å². The van der Waals surface area contributed by atoms with Crippen molar-refractivity contribution in [1.82, 2.24) is 4.57 Å². The van der Waals surface area contributed by atoms with E-state index in [2.05, 4.69) is 10.3 Å². The Bertz CT molecular complexity index is 1460. The second-order valence-corrected chi connectivity index (χ2v) is 12.1. The summed E-state index contributed by atoms with van der Waals surface area (Å²) in [6.07, 6.45) is 0.506. The van der Waals surface area contributed by atoms with Gasteiger partial charge in [-0.05, 0) is 56.5 Å². The average molecular weight is 508 g/mol. The van der Waals surface area contributed by atoms with Crippen LogP contribution in [0.25, 0.3) is 0 Å². The fourth-order valence-corrected chi connectivity index (χ4v) is 5.03. The highest BCUT2D eigenvalue weighted by molar-refractivity contribution is 7.70. The summed E-state index contributed by atoms with van der Waals surface area (Å²) in [4.78, 5) is 4.67. The third kappa shape index (κ3) is 5.04. The van der Waals surface area contributed by atoms with Crippen LogP contribution < -0.4 is 10.6 Å². The van der Waals surface area contributed by atoms with Gasteiger partial charge in [-0.2, -0.15) is 0 Å². The van der Waals surface area contributed by atoms with Gasteiger partial charge in [0, 0.05) is 0 Å². The molecule has 0 saturated heterocycles. The van der Waals surface area contributed by atoms with Crippen LogP contribution in [0, 0.1) is 6.92 Å². The number of phenols is 1. The monoisotopic (exact) mass is 507 g/mol. The van der Waals surface area contributed by atoms with Crippen LogP contribution in [0.3, 0.4) is 0 Å². The van der Waals surface area contributed by atoms with Gasteiger partial charge in [-0.1, -0.05) is 43.3 Å². The number of nitrogens with zero attached hydrogens (tertiary/aromatic N) is 2. The molecule has 0 fully saturated rings. The molecule has 8 nitrogen and oxygen atoms in total. The maximum Gasteiger partial charge on any atom is 0.223 e. The second-order valence-electron chi connectivity index (χ2n) is 8.91. The Morgan fingerprint density at radius 2 is 1.72 bits per heavy atom. The molecule has 0 aliphatic heterocycles. The third-order valence-electron chi connectivity index (χ3n) is 5.83. The zero-order valence-electron chi connectivity index (χ0n) is 20.7. The van der Waals surface area contributed by atoms with Crippen molar-refractivity contribution in [2.75, 3.05) is 18.6 Å². The SMILES string of the molecule is CCC(=Nc1c(Nc2cccc(P(C)(C)=O)c2O)c(O)n(Cc2ccccc2)c1O)c1ccc(C)o1. The first-order valence-electron chi connectivity index (χ1n) is 11.6. The summed E-state index contributed by atoms with van der Waals surface area (Å²) in [6.45, 7) is 7.08. The number of aryl methyl sites for hydroxylation is 1. The van der Waals surface area contributed by atoms with E-state index >= 15 is 0 Å². The number of hydrogen-bond acceptors (Lipinski definition) is 7. The first kappa shape index (κ1) is 25.2. The van der Waals surface area contributed by atoms with Crippen LogP contribution in [0.4, 0.5) is 17.1 Å². The van der Waals surface area contributed by atoms with E-state index < -0.39 is 7.14 Å². The van der Waals surface area contributed by atoms with E-state index in [4.69, 9.17) is 4.42 Å². The number of anilines is 2. The number of aromatic hydroxyl groups is 3. The van der Waals surface area contributed by atoms with Gasteiger partial charge in [0.25, 0.3) is 0 Å². The fraction of sp³-hybridized carbons (Fsp3) is 0.222. The standard InChI is InChI=1S/C27H30N3O5P/c1-5-19(21-15-14-17(2)35-21)28-23-24(29-20-12-9-13-22(25(20)31)36(3,4)34)27(33)30(26(23)32)16-18-10-7-6-8-11-18/h6-15,29,31-33H,5,16H2,1-4H3. The number of nitrogens with one attached hydrogen (secondary N) is 1. The lowest BCUT2D eigenvalue weighted by Gasteiger charge is -2.14. The molecule has 2 aromatic heterocycles. The second kappa shape index (κ2) is 9.99. The van der Waals surface area contributed by atoms with Crippen molar-refractivity contribution >= 4 is 35.2 Å². The lowest BCUT2D eigenvalue weighted by molar-refractivity contribution is 0.379. The summed E-state index contributed by atoms with van der Waals surface area (Å²) in [5.41, 5.74) is 1.86. The molecule has 4 rings (SSSR count). The van der Waals surface area contributed by atoms with Crippen molar-refractivity contribution in [3.05, 3.63) is 77.7 Å². The first-order chi connectivity index (χ1) is 17.1. The molecule has 0 amide bonds. The molecule has 0 radical (unpaired) electrons. The predicted octanol–water partition coefficient (Wildman–Crippen LogP) is 6.08. The summed E-state index contributed by atoms with van der Waals surface area (Å²) in [5, 5.41) is 36.6. The van der Waals surface area contributed by atoms with Crippen molar-refractivity contribution in [3.63, 3.8) is 0 Å². The average Bonchev–Trinajstić information content (AvgIpc) is 3.36. The number of aromatic nitrogens is 1. The summed E-state index contributed by atoms with van der Waals surface area (Å²) in [7, 11) is -2.77. The molecule has 0 aliphatic rings. The van der Waals surface area contributed by atoms with Crippen LogP contribution in [0.15, 0.2) is 70.1 Å². The molecule has 2 heterocycles. The molecule has 0 atom stereocenters. The van der Waals surface area contributed by atoms with Crippen LogP contribution >= 0.6 is 7.14 Å². The number of para-hydroxylation sites is 1. The largest absolute Gasteiger partial charge is 0.505 e. The number of furan rings is 1. The molecule has 4 N–H and O–H groups in total. The van der Waals surface area contributed by atoms with Crippen molar-refractivity contribution in [2.24, 2.45) is 4.99 Å². The minimum atomic E-state index is -2.77. The van der Waals surface area contributed by atoms with Crippen LogP contribution in [0.1, 0.15) is 30.4 Å². The molecular weight excluding hydrogens is 477 g/mol. The van der Waals surface area contributed by atoms with Gasteiger partial charge in [0.05, 0.1) is 23.2 Å². The van der Waals surface area contributed by atoms with E-state index in [1.165, 1.54) is 4.57 Å². The minimum Gasteiger partial charge on any atom is -0.505 e. The number of aliphatic imine (C=N–C) groups is 1. The molecule has 0 bridgehead atoms. The summed E-state index contributed by atoms with van der Waals surface area (Å²) in [6, 6.07) is 17.9. The van der Waals surface area contributed by atoms with Gasteiger partial charge >= 0.3 is 0 Å². The molecular formula is C27H30N3O5P. The third-order valence-corrected chi connectivity index (χ3v) is 7.35. The Hall–Kier alpha value is -3.90. The molecule has 188 valence electrons. The topological polar surface area (TPSA) is 120 Å². The van der Waals surface area contributed by atoms with Crippen LogP contribution in [-0.4, -0.2) is 38.9 Å². The lowest BCUT2D eigenvalue weighted by Crippen LogP contribution is -2.06. The van der Waals surface area contributed by atoms with E-state index in [9.17, 15) is 19.9 Å². The quantitative estimate of drug-likeness (QED) is 0.130. The Balaban J connectivity index is 1.88. The lowest BCUT2D eigenvalue weighted by atomic mass is 10.2. The zero-order valence-corrected chi connectivity index (χ0v) is 21.6. The highest BCUT2D eigenvalue weighted by Gasteiger charge is 2.26. The van der Waals surface area contributed by atoms with Gasteiger partial charge in [0.15, 0.2) is 5.69 Å². The summed E-state index contributed by atoms with van der Waals surface area (Å²) >= 11 is 0. The minimum absolute atomic E-state index is 0.0929. The van der Waals surface area contributed by atoms with E-state index in [-0.39, 0.29) is 41.1 Å². The smallest absolute Gasteiger partial charge is 0.223 e. The molecule has 0 spiro atoms. The van der Waals surface area contributed by atoms with E-state index in [0.29, 0.717) is 23.2 Å². The Kier molecular flexibility index (Phi) is 7.00. The van der Waals surface area contributed by atoms with Crippen LogP contribution in [-0.2, 0) is 11.1 Å². The highest BCUT2D eigenvalue weighted by atomic mass is 31.2. The number of hydrogen-bond donors (Lipinski definition) is 4. The molecule has 36 heavy (non-hydrogen) atoms. The molecule has 9 heteroatoms. The Labute approximate surface area is 209 Å². The number of rotatable bonds is 8. The number of phenolic OH excluding ortho intramolecular Hbond substituents is 1.